The highest BCUT2D eigenvalue weighted by Crippen LogP contribution is 2.08. The minimum absolute atomic E-state index is 0.250. The molecule has 2 heterocycles. The average molecular weight is 310 g/mol. The minimum Gasteiger partial charge on any atom is -0.483 e. The summed E-state index contributed by atoms with van der Waals surface area (Å²) in [4.78, 5) is 13.0. The molecular weight excluding hydrogens is 280 g/mol. The molecule has 0 atom stereocenters. The maximum Gasteiger partial charge on any atom is 0.290 e. The van der Waals surface area contributed by atoms with Gasteiger partial charge in [0.2, 0.25) is 0 Å². The molecule has 0 amide bonds. The molecule has 0 saturated heterocycles. The lowest BCUT2D eigenvalue weighted by Crippen LogP contribution is -2.23. The molecule has 0 bridgehead atoms. The fraction of sp³-hybridized carbons (Fsp3) is 0.588. The number of hydrogen-bond donors (Lipinski definition) is 1. The van der Waals surface area contributed by atoms with E-state index in [9.17, 15) is 0 Å². The van der Waals surface area contributed by atoms with Gasteiger partial charge in [-0.1, -0.05) is 39.0 Å². The molecule has 126 valence electrons. The molecule has 1 aromatic heterocycles. The van der Waals surface area contributed by atoms with Gasteiger partial charge in [-0.3, -0.25) is 4.79 Å². The van der Waals surface area contributed by atoms with Crippen molar-refractivity contribution >= 4 is 6.47 Å². The lowest BCUT2D eigenvalue weighted by atomic mass is 10.1. The smallest absolute Gasteiger partial charge is 0.290 e. The number of rotatable bonds is 7. The van der Waals surface area contributed by atoms with Gasteiger partial charge in [0.05, 0.1) is 19.2 Å². The third-order valence-electron chi connectivity index (χ3n) is 3.16. The highest BCUT2D eigenvalue weighted by atomic mass is 16.3. The van der Waals surface area contributed by atoms with E-state index in [2.05, 4.69) is 40.6 Å². The standard InChI is InChI=1S/C12H24N2.C4H4O.CH2O2/c1-3-4-5-6-7-8-9-14-11-10-13(2)12-14;1-2-4-5-3-1;2-1-3/h10-11H,3-9,12H2,1-2H3;1-4H;1H,(H,2,3). The van der Waals surface area contributed by atoms with Crippen LogP contribution in [-0.2, 0) is 4.79 Å². The second kappa shape index (κ2) is 15.5. The van der Waals surface area contributed by atoms with Crippen molar-refractivity contribution in [3.05, 3.63) is 37.1 Å². The number of unbranched alkanes of at least 4 members (excludes halogenated alkanes) is 5. The van der Waals surface area contributed by atoms with Crippen LogP contribution in [0.1, 0.15) is 45.4 Å². The summed E-state index contributed by atoms with van der Waals surface area (Å²) in [5, 5.41) is 6.89. The zero-order valence-corrected chi connectivity index (χ0v) is 13.9. The average Bonchev–Trinajstić information content (AvgIpc) is 3.18. The Balaban J connectivity index is 0.000000451. The van der Waals surface area contributed by atoms with Gasteiger partial charge in [-0.05, 0) is 18.6 Å². The van der Waals surface area contributed by atoms with Gasteiger partial charge in [0, 0.05) is 26.0 Å². The molecule has 1 N–H and O–H groups in total. The molecule has 0 saturated carbocycles. The fourth-order valence-corrected chi connectivity index (χ4v) is 2.06. The second-order valence-electron chi connectivity index (χ2n) is 5.18. The maximum absolute atomic E-state index is 8.36. The first-order chi connectivity index (χ1) is 10.7. The Kier molecular flexibility index (Phi) is 14.1. The molecular formula is C17H30N2O3. The molecule has 1 aliphatic rings. The van der Waals surface area contributed by atoms with Gasteiger partial charge in [0.15, 0.2) is 0 Å². The van der Waals surface area contributed by atoms with Gasteiger partial charge >= 0.3 is 0 Å². The Morgan fingerprint density at radius 3 is 2.14 bits per heavy atom. The summed E-state index contributed by atoms with van der Waals surface area (Å²) in [6.45, 7) is 4.33. The topological polar surface area (TPSA) is 56.9 Å². The molecule has 0 radical (unpaired) electrons. The first-order valence-electron chi connectivity index (χ1n) is 7.92. The van der Waals surface area contributed by atoms with Gasteiger partial charge in [-0.2, -0.15) is 0 Å². The van der Waals surface area contributed by atoms with Crippen molar-refractivity contribution < 1.29 is 14.3 Å². The zero-order chi connectivity index (χ0) is 16.5. The van der Waals surface area contributed by atoms with Gasteiger partial charge in [-0.15, -0.1) is 0 Å². The summed E-state index contributed by atoms with van der Waals surface area (Å²) in [6.07, 6.45) is 15.9. The van der Waals surface area contributed by atoms with Crippen LogP contribution in [0.3, 0.4) is 0 Å². The third kappa shape index (κ3) is 13.1. The first-order valence-corrected chi connectivity index (χ1v) is 7.92. The Hall–Kier alpha value is -1.91. The van der Waals surface area contributed by atoms with Crippen molar-refractivity contribution in [3.8, 4) is 0 Å². The number of hydrogen-bond acceptors (Lipinski definition) is 4. The quantitative estimate of drug-likeness (QED) is 0.609. The van der Waals surface area contributed by atoms with E-state index in [1.807, 2.05) is 12.1 Å². The lowest BCUT2D eigenvalue weighted by Gasteiger charge is -2.17. The molecule has 0 unspecified atom stereocenters. The van der Waals surface area contributed by atoms with Gasteiger partial charge in [0.1, 0.15) is 0 Å². The van der Waals surface area contributed by atoms with Crippen molar-refractivity contribution in [2.24, 2.45) is 0 Å². The summed E-state index contributed by atoms with van der Waals surface area (Å²) in [5.74, 6) is 0. The normalized spacial score (nSPS) is 12.3. The van der Waals surface area contributed by atoms with Crippen molar-refractivity contribution in [2.45, 2.75) is 45.4 Å². The molecule has 1 aliphatic heterocycles. The van der Waals surface area contributed by atoms with Gasteiger partial charge in [0.25, 0.3) is 6.47 Å². The molecule has 0 fully saturated rings. The molecule has 5 nitrogen and oxygen atoms in total. The molecule has 1 aromatic rings. The van der Waals surface area contributed by atoms with E-state index >= 15 is 0 Å². The van der Waals surface area contributed by atoms with Crippen LogP contribution < -0.4 is 0 Å². The van der Waals surface area contributed by atoms with Gasteiger partial charge in [-0.25, -0.2) is 0 Å². The van der Waals surface area contributed by atoms with E-state index in [-0.39, 0.29) is 6.47 Å². The molecule has 0 aromatic carbocycles. The maximum atomic E-state index is 8.36. The van der Waals surface area contributed by atoms with Crippen LogP contribution in [0.5, 0.6) is 0 Å². The predicted octanol–water partition coefficient (Wildman–Crippen LogP) is 4.00. The van der Waals surface area contributed by atoms with E-state index in [1.54, 1.807) is 12.5 Å². The van der Waals surface area contributed by atoms with E-state index in [1.165, 1.54) is 45.1 Å². The highest BCUT2D eigenvalue weighted by Gasteiger charge is 2.06. The zero-order valence-electron chi connectivity index (χ0n) is 13.9. The number of carbonyl (C=O) groups is 1. The number of nitrogens with zero attached hydrogens (tertiary/aromatic N) is 2. The van der Waals surface area contributed by atoms with Crippen LogP contribution in [0.15, 0.2) is 41.5 Å². The third-order valence-corrected chi connectivity index (χ3v) is 3.16. The Morgan fingerprint density at radius 2 is 1.68 bits per heavy atom. The van der Waals surface area contributed by atoms with E-state index < -0.39 is 0 Å². The van der Waals surface area contributed by atoms with Crippen molar-refractivity contribution in [1.29, 1.82) is 0 Å². The number of carboxylic acid groups (broad SMARTS) is 1. The van der Waals surface area contributed by atoms with Crippen molar-refractivity contribution in [1.82, 2.24) is 9.80 Å². The SMILES string of the molecule is CCCCCCCCN1C=CN(C)C1.O=CO.c1ccoc1. The summed E-state index contributed by atoms with van der Waals surface area (Å²) < 4.78 is 4.58. The van der Waals surface area contributed by atoms with Crippen LogP contribution >= 0.6 is 0 Å². The molecule has 22 heavy (non-hydrogen) atoms. The molecule has 0 aliphatic carbocycles. The lowest BCUT2D eigenvalue weighted by molar-refractivity contribution is -0.122. The van der Waals surface area contributed by atoms with Crippen LogP contribution in [0.25, 0.3) is 0 Å². The fourth-order valence-electron chi connectivity index (χ4n) is 2.06. The monoisotopic (exact) mass is 310 g/mol. The van der Waals surface area contributed by atoms with Gasteiger partial charge < -0.3 is 19.3 Å². The first kappa shape index (κ1) is 20.1. The Morgan fingerprint density at radius 1 is 1.09 bits per heavy atom. The summed E-state index contributed by atoms with van der Waals surface area (Å²) in [5.41, 5.74) is 0. The van der Waals surface area contributed by atoms with Crippen molar-refractivity contribution in [2.75, 3.05) is 20.3 Å². The summed E-state index contributed by atoms with van der Waals surface area (Å²) in [6, 6.07) is 3.67. The predicted molar refractivity (Wildman–Crippen MR) is 89.3 cm³/mol. The van der Waals surface area contributed by atoms with E-state index in [0.29, 0.717) is 0 Å². The highest BCUT2D eigenvalue weighted by molar-refractivity contribution is 5.32. The minimum atomic E-state index is -0.250. The summed E-state index contributed by atoms with van der Waals surface area (Å²) >= 11 is 0. The molecule has 0 spiro atoms. The van der Waals surface area contributed by atoms with Crippen LogP contribution in [0, 0.1) is 0 Å². The van der Waals surface area contributed by atoms with Crippen LogP contribution in [-0.4, -0.2) is 41.6 Å². The van der Waals surface area contributed by atoms with E-state index in [4.69, 9.17) is 9.90 Å². The van der Waals surface area contributed by atoms with Crippen LogP contribution in [0.2, 0.25) is 0 Å². The van der Waals surface area contributed by atoms with Crippen LogP contribution in [0.4, 0.5) is 0 Å². The summed E-state index contributed by atoms with van der Waals surface area (Å²) in [7, 11) is 2.12. The Labute approximate surface area is 134 Å². The molecule has 5 heteroatoms. The molecule has 2 rings (SSSR count). The van der Waals surface area contributed by atoms with E-state index in [0.717, 1.165) is 6.67 Å². The van der Waals surface area contributed by atoms with Crippen molar-refractivity contribution in [3.63, 3.8) is 0 Å². The largest absolute Gasteiger partial charge is 0.483 e. The second-order valence-corrected chi connectivity index (χ2v) is 5.18. The number of furan rings is 1. The Bertz CT molecular complexity index is 336.